The Hall–Kier alpha value is -0.360. The fourth-order valence-electron chi connectivity index (χ4n) is 1.73. The number of rotatable bonds is 3. The first-order valence-electron chi connectivity index (χ1n) is 5.49. The molecular formula is C13H12BrClO2S2. The molecule has 0 saturated heterocycles. The standard InChI is InChI=1S/C13H12BrClO2S2/c1-8-6-11(14)13(18-8)12(15)9-4-3-5-10(7-9)19(2,16)17/h3-7,12H,1-2H3. The molecule has 0 radical (unpaired) electrons. The van der Waals surface area contributed by atoms with Crippen LogP contribution >= 0.6 is 38.9 Å². The van der Waals surface area contributed by atoms with E-state index in [2.05, 4.69) is 15.9 Å². The Labute approximate surface area is 130 Å². The molecular weight excluding hydrogens is 368 g/mol. The summed E-state index contributed by atoms with van der Waals surface area (Å²) in [5.41, 5.74) is 0.784. The van der Waals surface area contributed by atoms with E-state index in [0.717, 1.165) is 19.8 Å². The fourth-order valence-corrected chi connectivity index (χ4v) is 4.81. The number of sulfone groups is 1. The third-order valence-corrected chi connectivity index (χ3v) is 6.39. The van der Waals surface area contributed by atoms with E-state index in [0.29, 0.717) is 4.90 Å². The number of hydrogen-bond donors (Lipinski definition) is 0. The molecule has 0 fully saturated rings. The topological polar surface area (TPSA) is 34.1 Å². The molecule has 6 heteroatoms. The Morgan fingerprint density at radius 2 is 2.00 bits per heavy atom. The average molecular weight is 380 g/mol. The molecule has 0 aliphatic rings. The molecule has 0 N–H and O–H groups in total. The molecule has 0 saturated carbocycles. The van der Waals surface area contributed by atoms with E-state index in [4.69, 9.17) is 11.6 Å². The first-order valence-corrected chi connectivity index (χ1v) is 9.42. The van der Waals surface area contributed by atoms with Crippen molar-refractivity contribution >= 4 is 48.7 Å². The first-order chi connectivity index (χ1) is 8.79. The van der Waals surface area contributed by atoms with Crippen LogP contribution in [0.5, 0.6) is 0 Å². The van der Waals surface area contributed by atoms with Gasteiger partial charge in [-0.05, 0) is 46.6 Å². The van der Waals surface area contributed by atoms with Gasteiger partial charge in [-0.15, -0.1) is 22.9 Å². The summed E-state index contributed by atoms with van der Waals surface area (Å²) in [6, 6.07) is 8.78. The summed E-state index contributed by atoms with van der Waals surface area (Å²) < 4.78 is 24.1. The van der Waals surface area contributed by atoms with Gasteiger partial charge in [-0.3, -0.25) is 0 Å². The lowest BCUT2D eigenvalue weighted by Crippen LogP contribution is -1.99. The van der Waals surface area contributed by atoms with Crippen LogP contribution in [-0.4, -0.2) is 14.7 Å². The number of benzene rings is 1. The maximum atomic E-state index is 11.6. The van der Waals surface area contributed by atoms with Crippen molar-refractivity contribution in [3.8, 4) is 0 Å². The van der Waals surface area contributed by atoms with Crippen molar-refractivity contribution < 1.29 is 8.42 Å². The second-order valence-corrected chi connectivity index (χ2v) is 8.87. The minimum Gasteiger partial charge on any atom is -0.224 e. The van der Waals surface area contributed by atoms with Crippen molar-refractivity contribution in [2.75, 3.05) is 6.26 Å². The maximum absolute atomic E-state index is 11.6. The molecule has 1 aromatic heterocycles. The summed E-state index contributed by atoms with van der Waals surface area (Å²) in [5, 5.41) is -0.352. The van der Waals surface area contributed by atoms with Crippen LogP contribution < -0.4 is 0 Å². The van der Waals surface area contributed by atoms with Gasteiger partial charge in [0.15, 0.2) is 9.84 Å². The van der Waals surface area contributed by atoms with Gasteiger partial charge in [0.05, 0.1) is 10.3 Å². The molecule has 0 spiro atoms. The minimum absolute atomic E-state index is 0.292. The molecule has 1 unspecified atom stereocenters. The van der Waals surface area contributed by atoms with Gasteiger partial charge in [-0.25, -0.2) is 8.42 Å². The summed E-state index contributed by atoms with van der Waals surface area (Å²) in [6.45, 7) is 2.01. The van der Waals surface area contributed by atoms with Crippen molar-refractivity contribution in [3.63, 3.8) is 0 Å². The monoisotopic (exact) mass is 378 g/mol. The van der Waals surface area contributed by atoms with E-state index in [1.54, 1.807) is 29.5 Å². The second-order valence-electron chi connectivity index (χ2n) is 4.28. The molecule has 1 heterocycles. The number of thiophene rings is 1. The Morgan fingerprint density at radius 1 is 1.32 bits per heavy atom. The third kappa shape index (κ3) is 3.40. The summed E-state index contributed by atoms with van der Waals surface area (Å²) >= 11 is 11.5. The average Bonchev–Trinajstić information content (AvgIpc) is 2.66. The highest BCUT2D eigenvalue weighted by atomic mass is 79.9. The largest absolute Gasteiger partial charge is 0.224 e. The fraction of sp³-hybridized carbons (Fsp3) is 0.231. The predicted molar refractivity (Wildman–Crippen MR) is 84.0 cm³/mol. The van der Waals surface area contributed by atoms with Gasteiger partial charge in [0.1, 0.15) is 0 Å². The normalized spacial score (nSPS) is 13.5. The zero-order valence-corrected chi connectivity index (χ0v) is 14.3. The van der Waals surface area contributed by atoms with E-state index in [1.807, 2.05) is 19.1 Å². The van der Waals surface area contributed by atoms with Crippen LogP contribution in [0.25, 0.3) is 0 Å². The quantitative estimate of drug-likeness (QED) is 0.733. The maximum Gasteiger partial charge on any atom is 0.175 e. The van der Waals surface area contributed by atoms with Crippen LogP contribution in [0.3, 0.4) is 0 Å². The lowest BCUT2D eigenvalue weighted by molar-refractivity contribution is 0.602. The number of alkyl halides is 1. The zero-order chi connectivity index (χ0) is 14.2. The van der Waals surface area contributed by atoms with Crippen LogP contribution in [0.1, 0.15) is 20.7 Å². The van der Waals surface area contributed by atoms with Gasteiger partial charge in [0, 0.05) is 20.5 Å². The summed E-state index contributed by atoms with van der Waals surface area (Å²) in [7, 11) is -3.21. The van der Waals surface area contributed by atoms with Crippen LogP contribution in [-0.2, 0) is 9.84 Å². The second kappa shape index (κ2) is 5.56. The smallest absolute Gasteiger partial charge is 0.175 e. The van der Waals surface area contributed by atoms with E-state index in [-0.39, 0.29) is 5.38 Å². The SMILES string of the molecule is Cc1cc(Br)c(C(Cl)c2cccc(S(C)(=O)=O)c2)s1. The molecule has 0 aliphatic heterocycles. The molecule has 0 aliphatic carbocycles. The van der Waals surface area contributed by atoms with E-state index in [1.165, 1.54) is 6.26 Å². The highest BCUT2D eigenvalue weighted by Gasteiger charge is 2.18. The van der Waals surface area contributed by atoms with E-state index >= 15 is 0 Å². The van der Waals surface area contributed by atoms with E-state index < -0.39 is 9.84 Å². The van der Waals surface area contributed by atoms with E-state index in [9.17, 15) is 8.42 Å². The predicted octanol–water partition coefficient (Wildman–Crippen LogP) is 4.55. The molecule has 2 rings (SSSR count). The minimum atomic E-state index is -3.21. The van der Waals surface area contributed by atoms with Crippen molar-refractivity contribution in [1.82, 2.24) is 0 Å². The lowest BCUT2D eigenvalue weighted by Gasteiger charge is -2.10. The highest BCUT2D eigenvalue weighted by Crippen LogP contribution is 2.39. The van der Waals surface area contributed by atoms with Gasteiger partial charge in [0.25, 0.3) is 0 Å². The third-order valence-electron chi connectivity index (χ3n) is 2.65. The molecule has 0 bridgehead atoms. The molecule has 19 heavy (non-hydrogen) atoms. The van der Waals surface area contributed by atoms with Crippen LogP contribution in [0.15, 0.2) is 39.7 Å². The lowest BCUT2D eigenvalue weighted by atomic mass is 10.1. The molecule has 102 valence electrons. The summed E-state index contributed by atoms with van der Waals surface area (Å²) in [6.07, 6.45) is 1.19. The molecule has 1 aromatic carbocycles. The van der Waals surface area contributed by atoms with Crippen molar-refractivity contribution in [3.05, 3.63) is 50.1 Å². The van der Waals surface area contributed by atoms with Gasteiger partial charge in [-0.1, -0.05) is 12.1 Å². The number of hydrogen-bond acceptors (Lipinski definition) is 3. The van der Waals surface area contributed by atoms with Gasteiger partial charge in [0.2, 0.25) is 0 Å². The molecule has 2 nitrogen and oxygen atoms in total. The van der Waals surface area contributed by atoms with Crippen molar-refractivity contribution in [2.24, 2.45) is 0 Å². The first kappa shape index (κ1) is 15.0. The van der Waals surface area contributed by atoms with Crippen LogP contribution in [0.2, 0.25) is 0 Å². The summed E-state index contributed by atoms with van der Waals surface area (Å²) in [5.74, 6) is 0. The Kier molecular flexibility index (Phi) is 4.40. The Balaban J connectivity index is 2.45. The number of halogens is 2. The Bertz CT molecular complexity index is 707. The zero-order valence-electron chi connectivity index (χ0n) is 10.4. The van der Waals surface area contributed by atoms with Gasteiger partial charge in [-0.2, -0.15) is 0 Å². The number of aryl methyl sites for hydroxylation is 1. The molecule has 2 aromatic rings. The van der Waals surface area contributed by atoms with Crippen molar-refractivity contribution in [2.45, 2.75) is 17.2 Å². The molecule has 0 amide bonds. The van der Waals surface area contributed by atoms with Crippen LogP contribution in [0.4, 0.5) is 0 Å². The summed E-state index contributed by atoms with van der Waals surface area (Å²) in [4.78, 5) is 2.44. The van der Waals surface area contributed by atoms with Crippen LogP contribution in [0, 0.1) is 6.92 Å². The van der Waals surface area contributed by atoms with Gasteiger partial charge >= 0.3 is 0 Å². The highest BCUT2D eigenvalue weighted by molar-refractivity contribution is 9.10. The van der Waals surface area contributed by atoms with Crippen molar-refractivity contribution in [1.29, 1.82) is 0 Å². The Morgan fingerprint density at radius 3 is 2.53 bits per heavy atom. The molecule has 1 atom stereocenters. The van der Waals surface area contributed by atoms with Gasteiger partial charge < -0.3 is 0 Å².